The van der Waals surface area contributed by atoms with Crippen LogP contribution in [0.5, 0.6) is 0 Å². The van der Waals surface area contributed by atoms with Gasteiger partial charge in [-0.2, -0.15) is 0 Å². The number of hydrogen-bond donors (Lipinski definition) is 0. The van der Waals surface area contributed by atoms with Gasteiger partial charge in [0.15, 0.2) is 0 Å². The standard InChI is InChI=1S/C8H7NO/c10-8-4-6-9-5-2-1-3-7(8)9/h1-4,6H,5H2. The van der Waals surface area contributed by atoms with Gasteiger partial charge in [0.05, 0.1) is 5.70 Å². The van der Waals surface area contributed by atoms with E-state index in [0.29, 0.717) is 0 Å². The average molecular weight is 133 g/mol. The number of carbonyl (C=O) groups excluding carboxylic acids is 1. The molecule has 0 radical (unpaired) electrons. The van der Waals surface area contributed by atoms with Crippen LogP contribution < -0.4 is 0 Å². The zero-order valence-electron chi connectivity index (χ0n) is 5.45. The number of carbonyl (C=O) groups is 1. The molecule has 2 aliphatic heterocycles. The van der Waals surface area contributed by atoms with Crippen molar-refractivity contribution in [3.8, 4) is 0 Å². The third kappa shape index (κ3) is 0.620. The molecule has 0 bridgehead atoms. The van der Waals surface area contributed by atoms with Crippen molar-refractivity contribution in [2.24, 2.45) is 0 Å². The lowest BCUT2D eigenvalue weighted by Gasteiger charge is -2.16. The van der Waals surface area contributed by atoms with E-state index in [1.165, 1.54) is 0 Å². The number of ketones is 1. The molecule has 0 aliphatic carbocycles. The molecule has 50 valence electrons. The summed E-state index contributed by atoms with van der Waals surface area (Å²) in [6.45, 7) is 0.827. The number of rotatable bonds is 0. The van der Waals surface area contributed by atoms with Crippen LogP contribution in [0.25, 0.3) is 0 Å². The monoisotopic (exact) mass is 133 g/mol. The molecular formula is C8H7NO. The van der Waals surface area contributed by atoms with Crippen molar-refractivity contribution in [3.63, 3.8) is 0 Å². The molecule has 0 aromatic rings. The Morgan fingerprint density at radius 3 is 3.20 bits per heavy atom. The van der Waals surface area contributed by atoms with Gasteiger partial charge in [0.25, 0.3) is 0 Å². The van der Waals surface area contributed by atoms with E-state index in [0.717, 1.165) is 12.2 Å². The average Bonchev–Trinajstić information content (AvgIpc) is 2.34. The first-order valence-corrected chi connectivity index (χ1v) is 3.24. The van der Waals surface area contributed by atoms with Crippen molar-refractivity contribution in [2.75, 3.05) is 6.54 Å². The van der Waals surface area contributed by atoms with E-state index in [4.69, 9.17) is 0 Å². The molecule has 0 unspecified atom stereocenters. The number of fused-ring (bicyclic) bond motifs is 1. The van der Waals surface area contributed by atoms with Crippen molar-refractivity contribution in [1.82, 2.24) is 4.90 Å². The van der Waals surface area contributed by atoms with E-state index < -0.39 is 0 Å². The first-order chi connectivity index (χ1) is 4.88. The highest BCUT2D eigenvalue weighted by Gasteiger charge is 2.18. The quantitative estimate of drug-likeness (QED) is 0.488. The van der Waals surface area contributed by atoms with Crippen LogP contribution >= 0.6 is 0 Å². The van der Waals surface area contributed by atoms with Gasteiger partial charge in [-0.1, -0.05) is 12.2 Å². The van der Waals surface area contributed by atoms with Gasteiger partial charge in [-0.05, 0) is 6.08 Å². The minimum Gasteiger partial charge on any atom is -0.341 e. The Kier molecular flexibility index (Phi) is 1.01. The second-order valence-electron chi connectivity index (χ2n) is 2.31. The molecule has 0 N–H and O–H groups in total. The van der Waals surface area contributed by atoms with E-state index in [-0.39, 0.29) is 5.78 Å². The van der Waals surface area contributed by atoms with Crippen molar-refractivity contribution >= 4 is 5.78 Å². The van der Waals surface area contributed by atoms with Crippen LogP contribution in [0.1, 0.15) is 0 Å². The topological polar surface area (TPSA) is 20.3 Å². The van der Waals surface area contributed by atoms with Crippen LogP contribution in [0.4, 0.5) is 0 Å². The lowest BCUT2D eigenvalue weighted by molar-refractivity contribution is -0.111. The first-order valence-electron chi connectivity index (χ1n) is 3.24. The summed E-state index contributed by atoms with van der Waals surface area (Å²) < 4.78 is 0. The molecular weight excluding hydrogens is 126 g/mol. The summed E-state index contributed by atoms with van der Waals surface area (Å²) in [6, 6.07) is 0. The lowest BCUT2D eigenvalue weighted by atomic mass is 10.2. The van der Waals surface area contributed by atoms with E-state index in [1.807, 2.05) is 29.3 Å². The summed E-state index contributed by atoms with van der Waals surface area (Å²) >= 11 is 0. The van der Waals surface area contributed by atoms with Gasteiger partial charge in [0.1, 0.15) is 0 Å². The third-order valence-electron chi connectivity index (χ3n) is 1.66. The molecule has 10 heavy (non-hydrogen) atoms. The highest BCUT2D eigenvalue weighted by molar-refractivity contribution is 6.06. The molecule has 2 heteroatoms. The van der Waals surface area contributed by atoms with Gasteiger partial charge in [-0.3, -0.25) is 4.79 Å². The molecule has 0 aromatic heterocycles. The number of allylic oxidation sites excluding steroid dienone is 3. The highest BCUT2D eigenvalue weighted by atomic mass is 16.1. The minimum absolute atomic E-state index is 0.115. The molecule has 0 aromatic carbocycles. The fraction of sp³-hybridized carbons (Fsp3) is 0.125. The second-order valence-corrected chi connectivity index (χ2v) is 2.31. The summed E-state index contributed by atoms with van der Waals surface area (Å²) in [7, 11) is 0. The molecule has 0 fully saturated rings. The number of nitrogens with zero attached hydrogens (tertiary/aromatic N) is 1. The van der Waals surface area contributed by atoms with Crippen LogP contribution in [0, 0.1) is 0 Å². The third-order valence-corrected chi connectivity index (χ3v) is 1.66. The Morgan fingerprint density at radius 2 is 2.40 bits per heavy atom. The van der Waals surface area contributed by atoms with Gasteiger partial charge >= 0.3 is 0 Å². The SMILES string of the molecule is O=C1C=CN2CC=CC=C12. The maximum Gasteiger partial charge on any atom is 0.203 e. The first kappa shape index (κ1) is 5.47. The van der Waals surface area contributed by atoms with Gasteiger partial charge < -0.3 is 4.90 Å². The van der Waals surface area contributed by atoms with E-state index in [1.54, 1.807) is 6.08 Å². The minimum atomic E-state index is 0.115. The molecule has 0 saturated heterocycles. The number of hydrogen-bond acceptors (Lipinski definition) is 2. The smallest absolute Gasteiger partial charge is 0.203 e. The summed E-state index contributed by atoms with van der Waals surface area (Å²) in [5, 5.41) is 0. The van der Waals surface area contributed by atoms with Crippen molar-refractivity contribution in [1.29, 1.82) is 0 Å². The van der Waals surface area contributed by atoms with Gasteiger partial charge in [0.2, 0.25) is 5.78 Å². The maximum absolute atomic E-state index is 11.0. The van der Waals surface area contributed by atoms with E-state index >= 15 is 0 Å². The fourth-order valence-electron chi connectivity index (χ4n) is 1.14. The molecule has 2 rings (SSSR count). The maximum atomic E-state index is 11.0. The van der Waals surface area contributed by atoms with E-state index in [2.05, 4.69) is 0 Å². The van der Waals surface area contributed by atoms with Crippen LogP contribution in [-0.4, -0.2) is 17.2 Å². The van der Waals surface area contributed by atoms with Crippen LogP contribution in [0.3, 0.4) is 0 Å². The molecule has 2 heterocycles. The predicted octanol–water partition coefficient (Wildman–Crippen LogP) is 0.839. The van der Waals surface area contributed by atoms with Crippen LogP contribution in [0.2, 0.25) is 0 Å². The molecule has 0 saturated carbocycles. The molecule has 2 aliphatic rings. The normalized spacial score (nSPS) is 21.4. The highest BCUT2D eigenvalue weighted by Crippen LogP contribution is 2.17. The van der Waals surface area contributed by atoms with Crippen LogP contribution in [0.15, 0.2) is 36.2 Å². The predicted molar refractivity (Wildman–Crippen MR) is 38.1 cm³/mol. The van der Waals surface area contributed by atoms with Crippen molar-refractivity contribution < 1.29 is 4.79 Å². The summed E-state index contributed by atoms with van der Waals surface area (Å²) in [6.07, 6.45) is 9.19. The van der Waals surface area contributed by atoms with E-state index in [9.17, 15) is 4.79 Å². The Bertz CT molecular complexity index is 260. The van der Waals surface area contributed by atoms with Crippen LogP contribution in [-0.2, 0) is 4.79 Å². The largest absolute Gasteiger partial charge is 0.341 e. The Morgan fingerprint density at radius 1 is 1.50 bits per heavy atom. The van der Waals surface area contributed by atoms with Gasteiger partial charge in [-0.25, -0.2) is 0 Å². The summed E-state index contributed by atoms with van der Waals surface area (Å²) in [4.78, 5) is 12.9. The fourth-order valence-corrected chi connectivity index (χ4v) is 1.14. The molecule has 0 spiro atoms. The zero-order valence-corrected chi connectivity index (χ0v) is 5.45. The van der Waals surface area contributed by atoms with Gasteiger partial charge in [-0.15, -0.1) is 0 Å². The Balaban J connectivity index is 2.40. The molecule has 2 nitrogen and oxygen atoms in total. The molecule has 0 atom stereocenters. The Hall–Kier alpha value is -1.31. The second kappa shape index (κ2) is 1.84. The van der Waals surface area contributed by atoms with Crippen molar-refractivity contribution in [2.45, 2.75) is 0 Å². The van der Waals surface area contributed by atoms with Gasteiger partial charge in [0, 0.05) is 18.8 Å². The Labute approximate surface area is 59.1 Å². The van der Waals surface area contributed by atoms with Crippen molar-refractivity contribution in [3.05, 3.63) is 36.2 Å². The molecule has 0 amide bonds. The zero-order chi connectivity index (χ0) is 6.97. The summed E-state index contributed by atoms with van der Waals surface area (Å²) in [5.41, 5.74) is 0.794. The summed E-state index contributed by atoms with van der Waals surface area (Å²) in [5.74, 6) is 0.115. The lowest BCUT2D eigenvalue weighted by Crippen LogP contribution is -2.17.